The lowest BCUT2D eigenvalue weighted by atomic mass is 9.93. The lowest BCUT2D eigenvalue weighted by Crippen LogP contribution is -2.99. The Kier molecular flexibility index (Phi) is 18.4. The highest BCUT2D eigenvalue weighted by Crippen LogP contribution is 2.41. The Labute approximate surface area is 353 Å². The molecular weight excluding hydrogens is 798 g/mol. The molecule has 3 unspecified atom stereocenters. The number of benzene rings is 2. The van der Waals surface area contributed by atoms with E-state index in [1.54, 1.807) is 0 Å². The molecule has 1 heterocycles. The molecule has 0 aromatic heterocycles. The average molecular weight is 858 g/mol. The van der Waals surface area contributed by atoms with E-state index in [0.717, 1.165) is 54.0 Å². The van der Waals surface area contributed by atoms with Crippen LogP contribution in [0.25, 0.3) is 11.1 Å². The number of quaternary nitrogens is 1. The molecule has 10 N–H and O–H groups in total. The highest BCUT2D eigenvalue weighted by Gasteiger charge is 2.34. The number of likely N-dealkylation sites (N-methyl/N-ethyl adjacent to an activating group) is 2. The molecule has 61 heavy (non-hydrogen) atoms. The van der Waals surface area contributed by atoms with Crippen molar-refractivity contribution < 1.29 is 64.4 Å². The van der Waals surface area contributed by atoms with Crippen molar-refractivity contribution in [3.63, 3.8) is 0 Å². The first kappa shape index (κ1) is 49.5. The molecule has 4 bridgehead atoms. The van der Waals surface area contributed by atoms with E-state index in [1.165, 1.54) is 46.1 Å². The SMILES string of the molecule is CC(C)CCCCCCCC(=O)N(C)[C@H](CO)C(=O)N[C@H](C)C(=O)NCC(=O)N(C)C1C(=O)N[C@@H](C)C(=O)NC(C(=O)O)Cc2cc(c(O)c([NH+]([O-])O)c2)-c2cc1ccc2O. The van der Waals surface area contributed by atoms with Gasteiger partial charge in [-0.25, -0.2) is 10.0 Å². The van der Waals surface area contributed by atoms with Gasteiger partial charge in [-0.05, 0) is 55.5 Å². The smallest absolute Gasteiger partial charge is 0.326 e. The van der Waals surface area contributed by atoms with E-state index in [2.05, 4.69) is 35.1 Å². The van der Waals surface area contributed by atoms with Crippen LogP contribution in [-0.2, 0) is 40.0 Å². The van der Waals surface area contributed by atoms with E-state index in [-0.39, 0.29) is 34.6 Å². The summed E-state index contributed by atoms with van der Waals surface area (Å²) >= 11 is 0. The summed E-state index contributed by atoms with van der Waals surface area (Å²) in [6, 6.07) is -1.25. The number of hydrogen-bond donors (Lipinski definition) is 10. The summed E-state index contributed by atoms with van der Waals surface area (Å²) in [5.41, 5.74) is -1.01. The molecule has 0 radical (unpaired) electrons. The quantitative estimate of drug-likeness (QED) is 0.0542. The first-order valence-corrected chi connectivity index (χ1v) is 20.1. The van der Waals surface area contributed by atoms with E-state index >= 15 is 0 Å². The van der Waals surface area contributed by atoms with Crippen LogP contribution in [0.1, 0.15) is 89.8 Å². The summed E-state index contributed by atoms with van der Waals surface area (Å²) in [5, 5.41) is 71.7. The van der Waals surface area contributed by atoms with Gasteiger partial charge in [0.2, 0.25) is 41.1 Å². The van der Waals surface area contributed by atoms with Crippen molar-refractivity contribution in [1.82, 2.24) is 31.1 Å². The number of fused-ring (bicyclic) bond motifs is 5. The number of carbonyl (C=O) groups is 7. The van der Waals surface area contributed by atoms with Gasteiger partial charge in [-0.3, -0.25) is 28.8 Å². The van der Waals surface area contributed by atoms with E-state index in [1.807, 2.05) is 0 Å². The first-order chi connectivity index (χ1) is 28.7. The fourth-order valence-corrected chi connectivity index (χ4v) is 6.81. The lowest BCUT2D eigenvalue weighted by Gasteiger charge is -2.30. The van der Waals surface area contributed by atoms with E-state index < -0.39 is 108 Å². The first-order valence-electron chi connectivity index (χ1n) is 20.1. The third kappa shape index (κ3) is 13.6. The number of aromatic hydroxyl groups is 2. The molecule has 20 nitrogen and oxygen atoms in total. The van der Waals surface area contributed by atoms with Gasteiger partial charge < -0.3 is 56.7 Å². The van der Waals surface area contributed by atoms with Crippen molar-refractivity contribution in [3.8, 4) is 22.6 Å². The number of nitrogens with zero attached hydrogens (tertiary/aromatic N) is 2. The summed E-state index contributed by atoms with van der Waals surface area (Å²) in [5.74, 6) is -6.86. The van der Waals surface area contributed by atoms with Crippen molar-refractivity contribution in [2.75, 3.05) is 27.2 Å². The zero-order valence-electron chi connectivity index (χ0n) is 35.3. The molecule has 0 saturated carbocycles. The fourth-order valence-electron chi connectivity index (χ4n) is 6.81. The van der Waals surface area contributed by atoms with Crippen molar-refractivity contribution in [2.24, 2.45) is 5.92 Å². The zero-order chi connectivity index (χ0) is 45.7. The number of carboxylic acids is 1. The minimum absolute atomic E-state index is 0.0122. The van der Waals surface area contributed by atoms with Gasteiger partial charge in [0.1, 0.15) is 36.0 Å². The van der Waals surface area contributed by atoms with Gasteiger partial charge in [0.05, 0.1) is 13.2 Å². The average Bonchev–Trinajstić information content (AvgIpc) is 3.19. The number of rotatable bonds is 18. The van der Waals surface area contributed by atoms with E-state index in [9.17, 15) is 64.4 Å². The van der Waals surface area contributed by atoms with Gasteiger partial charge in [-0.1, -0.05) is 52.0 Å². The molecule has 0 saturated heterocycles. The minimum Gasteiger partial charge on any atom is -0.595 e. The minimum atomic E-state index is -1.62. The molecule has 2 aromatic rings. The van der Waals surface area contributed by atoms with Gasteiger partial charge >= 0.3 is 5.97 Å². The standard InChI is InChI=1S/C41H59N7O13/c1-22(2)12-10-8-7-9-11-13-33(51)46(5)31(21-49)39(56)43-23(3)37(54)42-20-34(52)47(6)35-26-14-15-32(50)27(19-26)28-16-25(18-30(36(28)53)48(60)61)17-29(41(58)59)45-38(55)24(4)44-40(35)57/h14-16,18-19,22-24,29,31,35,48-50,53,60H,7-13,17,20-21H2,1-6H3,(H,42,54)(H,43,56)(H,44,57)(H,45,55)(H,58,59)/t23-,24+,29?,31-,35?/m1/s1. The molecule has 336 valence electrons. The molecule has 1 aliphatic heterocycles. The summed E-state index contributed by atoms with van der Waals surface area (Å²) < 4.78 is 0. The number of hydrogen-bond acceptors (Lipinski definition) is 12. The highest BCUT2D eigenvalue weighted by atomic mass is 16.8. The number of aliphatic carboxylic acids is 1. The van der Waals surface area contributed by atoms with Gasteiger partial charge in [0, 0.05) is 44.1 Å². The summed E-state index contributed by atoms with van der Waals surface area (Å²) in [6.45, 7) is 5.49. The monoisotopic (exact) mass is 857 g/mol. The molecule has 0 spiro atoms. The van der Waals surface area contributed by atoms with Gasteiger partial charge in [-0.2, -0.15) is 5.23 Å². The van der Waals surface area contributed by atoms with Crippen LogP contribution in [0, 0.1) is 11.1 Å². The molecular formula is C41H59N7O13. The summed E-state index contributed by atoms with van der Waals surface area (Å²) in [6.07, 6.45) is 5.52. The van der Waals surface area contributed by atoms with Crippen LogP contribution < -0.4 is 26.5 Å². The Bertz CT molecular complexity index is 1920. The summed E-state index contributed by atoms with van der Waals surface area (Å²) in [7, 11) is 2.59. The van der Waals surface area contributed by atoms with Crippen LogP contribution in [-0.4, -0.2) is 128 Å². The molecule has 0 aliphatic carbocycles. The molecule has 6 atom stereocenters. The number of carboxylic acid groups (broad SMARTS) is 1. The van der Waals surface area contributed by atoms with E-state index in [0.29, 0.717) is 12.3 Å². The van der Waals surface area contributed by atoms with E-state index in [4.69, 9.17) is 0 Å². The third-order valence-corrected chi connectivity index (χ3v) is 10.5. The Morgan fingerprint density at radius 2 is 1.56 bits per heavy atom. The number of amides is 6. The van der Waals surface area contributed by atoms with Crippen LogP contribution in [0.3, 0.4) is 0 Å². The number of nitrogens with one attached hydrogen (secondary N) is 5. The number of phenolic OH excluding ortho intramolecular Hbond substituents is 2. The topological polar surface area (TPSA) is 303 Å². The molecule has 3 rings (SSSR count). The molecule has 20 heteroatoms. The number of unbranched alkanes of at least 4 members (excludes halogenated alkanes) is 4. The van der Waals surface area contributed by atoms with Crippen molar-refractivity contribution in [3.05, 3.63) is 46.7 Å². The second-order valence-electron chi connectivity index (χ2n) is 15.7. The maximum atomic E-state index is 13.9. The fraction of sp³-hybridized carbons (Fsp3) is 0.537. The zero-order valence-corrected chi connectivity index (χ0v) is 35.3. The van der Waals surface area contributed by atoms with Gasteiger partial charge in [0.25, 0.3) is 0 Å². The van der Waals surface area contributed by atoms with Gasteiger partial charge in [0.15, 0.2) is 5.75 Å². The lowest BCUT2D eigenvalue weighted by molar-refractivity contribution is -0.991. The summed E-state index contributed by atoms with van der Waals surface area (Å²) in [4.78, 5) is 93.8. The number of aliphatic hydroxyl groups is 1. The predicted octanol–water partition coefficient (Wildman–Crippen LogP) is 0.125. The Hall–Kier alpha value is -5.83. The number of carbonyl (C=O) groups excluding carboxylic acids is 6. The van der Waals surface area contributed by atoms with Gasteiger partial charge in [-0.15, -0.1) is 0 Å². The molecule has 1 aliphatic rings. The van der Waals surface area contributed by atoms with Crippen LogP contribution in [0.4, 0.5) is 5.69 Å². The van der Waals surface area contributed by atoms with Crippen molar-refractivity contribution >= 4 is 47.1 Å². The number of aliphatic hydroxyl groups excluding tert-OH is 1. The van der Waals surface area contributed by atoms with Crippen LogP contribution in [0.2, 0.25) is 0 Å². The van der Waals surface area contributed by atoms with Crippen LogP contribution >= 0.6 is 0 Å². The largest absolute Gasteiger partial charge is 0.595 e. The highest BCUT2D eigenvalue weighted by molar-refractivity contribution is 5.96. The van der Waals surface area contributed by atoms with Crippen LogP contribution in [0.5, 0.6) is 11.5 Å². The Balaban J connectivity index is 1.80. The second kappa shape index (κ2) is 22.7. The Morgan fingerprint density at radius 1 is 0.902 bits per heavy atom. The molecule has 2 aromatic carbocycles. The number of phenols is 2. The second-order valence-corrected chi connectivity index (χ2v) is 15.7. The molecule has 6 amide bonds. The predicted molar refractivity (Wildman–Crippen MR) is 219 cm³/mol. The van der Waals surface area contributed by atoms with Crippen molar-refractivity contribution in [2.45, 2.75) is 109 Å². The normalized spacial score (nSPS) is 18.1. The maximum Gasteiger partial charge on any atom is 0.326 e. The maximum absolute atomic E-state index is 13.9. The third-order valence-electron chi connectivity index (χ3n) is 10.5. The van der Waals surface area contributed by atoms with Crippen molar-refractivity contribution in [1.29, 1.82) is 0 Å². The van der Waals surface area contributed by atoms with Crippen LogP contribution in [0.15, 0.2) is 30.3 Å². The molecule has 0 fully saturated rings. The Morgan fingerprint density at radius 3 is 2.18 bits per heavy atom.